The first-order valence-corrected chi connectivity index (χ1v) is 13.6. The van der Waals surface area contributed by atoms with Gasteiger partial charge in [-0.1, -0.05) is 11.6 Å². The molecular formula is C24H29ClN4O4S. The molecule has 2 saturated heterocycles. The van der Waals surface area contributed by atoms with Crippen LogP contribution in [0.5, 0.6) is 0 Å². The number of amides is 1. The van der Waals surface area contributed by atoms with Gasteiger partial charge in [0.15, 0.2) is 0 Å². The van der Waals surface area contributed by atoms with Crippen LogP contribution in [-0.2, 0) is 21.4 Å². The van der Waals surface area contributed by atoms with Crippen molar-refractivity contribution in [2.75, 3.05) is 30.9 Å². The van der Waals surface area contributed by atoms with Crippen LogP contribution in [0.3, 0.4) is 0 Å². The second-order valence-corrected chi connectivity index (χ2v) is 11.8. The number of likely N-dealkylation sites (tertiary alicyclic amines) is 2. The number of rotatable bonds is 4. The van der Waals surface area contributed by atoms with Crippen molar-refractivity contribution >= 4 is 33.2 Å². The Morgan fingerprint density at radius 3 is 2.41 bits per heavy atom. The van der Waals surface area contributed by atoms with Gasteiger partial charge in [-0.15, -0.1) is 0 Å². The molecule has 4 heterocycles. The number of hydrogen-bond donors (Lipinski definition) is 1. The summed E-state index contributed by atoms with van der Waals surface area (Å²) in [7, 11) is -3.89. The molecule has 10 heteroatoms. The summed E-state index contributed by atoms with van der Waals surface area (Å²) in [5.41, 5.74) is 0.738. The first-order chi connectivity index (χ1) is 16.2. The quantitative estimate of drug-likeness (QED) is 0.691. The number of nitrogens with zero attached hydrogens (tertiary/aromatic N) is 3. The molecule has 1 amide bonds. The van der Waals surface area contributed by atoms with E-state index in [0.29, 0.717) is 23.5 Å². The Bertz CT molecular complexity index is 1250. The summed E-state index contributed by atoms with van der Waals surface area (Å²) in [6.45, 7) is 5.64. The molecule has 34 heavy (non-hydrogen) atoms. The first-order valence-electron chi connectivity index (χ1n) is 11.7. The fraction of sp³-hybridized carbons (Fsp3) is 0.500. The Morgan fingerprint density at radius 1 is 1.03 bits per heavy atom. The van der Waals surface area contributed by atoms with Gasteiger partial charge in [0.2, 0.25) is 5.91 Å². The van der Waals surface area contributed by atoms with Crippen molar-refractivity contribution < 1.29 is 13.2 Å². The number of carbonyl (C=O) groups is 1. The van der Waals surface area contributed by atoms with Crippen LogP contribution in [0.2, 0.25) is 5.02 Å². The molecule has 0 aliphatic carbocycles. The Labute approximate surface area is 204 Å². The molecule has 182 valence electrons. The summed E-state index contributed by atoms with van der Waals surface area (Å²) in [6.07, 6.45) is 3.01. The molecular weight excluding hydrogens is 476 g/mol. The third-order valence-corrected chi connectivity index (χ3v) is 9.06. The van der Waals surface area contributed by atoms with E-state index >= 15 is 0 Å². The summed E-state index contributed by atoms with van der Waals surface area (Å²) < 4.78 is 29.8. The van der Waals surface area contributed by atoms with Gasteiger partial charge in [-0.25, -0.2) is 8.42 Å². The normalized spacial score (nSPS) is 23.4. The summed E-state index contributed by atoms with van der Waals surface area (Å²) >= 11 is 5.86. The van der Waals surface area contributed by atoms with Crippen molar-refractivity contribution in [2.45, 2.75) is 49.6 Å². The number of piperidine rings is 2. The molecule has 1 N–H and O–H groups in total. The van der Waals surface area contributed by atoms with Crippen LogP contribution in [0.4, 0.5) is 5.69 Å². The van der Waals surface area contributed by atoms with Gasteiger partial charge in [-0.05, 0) is 61.6 Å². The highest BCUT2D eigenvalue weighted by Gasteiger charge is 2.38. The third kappa shape index (κ3) is 4.48. The average Bonchev–Trinajstić information content (AvgIpc) is 2.81. The number of carbonyl (C=O) groups excluding carboxylic acids is 1. The van der Waals surface area contributed by atoms with E-state index in [1.54, 1.807) is 17.6 Å². The molecule has 2 atom stereocenters. The number of sulfonamides is 1. The van der Waals surface area contributed by atoms with Crippen LogP contribution in [0.25, 0.3) is 0 Å². The average molecular weight is 505 g/mol. The zero-order valence-corrected chi connectivity index (χ0v) is 20.7. The summed E-state index contributed by atoms with van der Waals surface area (Å²) in [6, 6.07) is 9.79. The van der Waals surface area contributed by atoms with E-state index in [9.17, 15) is 18.0 Å². The van der Waals surface area contributed by atoms with Gasteiger partial charge in [0.1, 0.15) is 5.69 Å². The zero-order valence-electron chi connectivity index (χ0n) is 19.1. The van der Waals surface area contributed by atoms with Gasteiger partial charge in [0.05, 0.1) is 4.90 Å². The van der Waals surface area contributed by atoms with Crippen molar-refractivity contribution in [3.8, 4) is 0 Å². The number of hydrogen-bond acceptors (Lipinski definition) is 5. The molecule has 0 saturated carbocycles. The fourth-order valence-corrected chi connectivity index (χ4v) is 6.91. The standard InChI is InChI=1S/C24H29ClN4O4S/c1-16(30)27-10-8-20(9-11-27)28-13-17-12-18(15-28)23-7-6-22(24(31)29(23)14-17)26-34(32,33)21-4-2-19(25)3-5-21/h2-7,17-18,20,26H,8-15H2,1H3/t17-,18+/m0/s1. The predicted molar refractivity (Wildman–Crippen MR) is 131 cm³/mol. The number of halogens is 1. The summed E-state index contributed by atoms with van der Waals surface area (Å²) in [4.78, 5) is 29.4. The van der Waals surface area contributed by atoms with E-state index in [0.717, 1.165) is 51.1 Å². The number of aromatic nitrogens is 1. The monoisotopic (exact) mass is 504 g/mol. The highest BCUT2D eigenvalue weighted by molar-refractivity contribution is 7.92. The molecule has 2 bridgehead atoms. The molecule has 3 aliphatic rings. The number of anilines is 1. The van der Waals surface area contributed by atoms with E-state index in [-0.39, 0.29) is 28.0 Å². The topological polar surface area (TPSA) is 91.7 Å². The highest BCUT2D eigenvalue weighted by Crippen LogP contribution is 2.37. The van der Waals surface area contributed by atoms with E-state index in [1.165, 1.54) is 24.3 Å². The van der Waals surface area contributed by atoms with E-state index in [4.69, 9.17) is 11.6 Å². The Balaban J connectivity index is 1.34. The lowest BCUT2D eigenvalue weighted by Crippen LogP contribution is -2.53. The lowest BCUT2D eigenvalue weighted by atomic mass is 9.82. The van der Waals surface area contributed by atoms with E-state index in [1.807, 2.05) is 11.0 Å². The minimum Gasteiger partial charge on any atom is -0.343 e. The third-order valence-electron chi connectivity index (χ3n) is 7.43. The second-order valence-electron chi connectivity index (χ2n) is 9.64. The van der Waals surface area contributed by atoms with Gasteiger partial charge >= 0.3 is 0 Å². The maximum atomic E-state index is 13.3. The van der Waals surface area contributed by atoms with Crippen LogP contribution in [0.15, 0.2) is 46.1 Å². The summed E-state index contributed by atoms with van der Waals surface area (Å²) in [5, 5.41) is 0.442. The van der Waals surface area contributed by atoms with Crippen molar-refractivity contribution in [3.05, 3.63) is 57.5 Å². The van der Waals surface area contributed by atoms with Crippen LogP contribution in [0.1, 0.15) is 37.8 Å². The number of pyridine rings is 1. The molecule has 0 radical (unpaired) electrons. The van der Waals surface area contributed by atoms with Crippen LogP contribution in [-0.4, -0.2) is 60.9 Å². The van der Waals surface area contributed by atoms with Gasteiger partial charge in [-0.2, -0.15) is 0 Å². The van der Waals surface area contributed by atoms with Crippen LogP contribution >= 0.6 is 11.6 Å². The van der Waals surface area contributed by atoms with Crippen molar-refractivity contribution in [1.82, 2.24) is 14.4 Å². The lowest BCUT2D eigenvalue weighted by molar-refractivity contribution is -0.130. The molecule has 3 aliphatic heterocycles. The first kappa shape index (κ1) is 23.4. The molecule has 8 nitrogen and oxygen atoms in total. The molecule has 0 unspecified atom stereocenters. The van der Waals surface area contributed by atoms with Crippen LogP contribution < -0.4 is 10.3 Å². The molecule has 1 aromatic heterocycles. The Morgan fingerprint density at radius 2 is 1.74 bits per heavy atom. The fourth-order valence-electron chi connectivity index (χ4n) is 5.72. The number of nitrogens with one attached hydrogen (secondary N) is 1. The smallest absolute Gasteiger partial charge is 0.275 e. The maximum absolute atomic E-state index is 13.3. The van der Waals surface area contributed by atoms with Gasteiger partial charge in [0, 0.05) is 62.3 Å². The molecule has 1 aromatic carbocycles. The SMILES string of the molecule is CC(=O)N1CCC(N2C[C@@H]3C[C@H](C2)c2ccc(NS(=O)(=O)c4ccc(Cl)cc4)c(=O)n2C3)CC1. The molecule has 2 fully saturated rings. The highest BCUT2D eigenvalue weighted by atomic mass is 35.5. The van der Waals surface area contributed by atoms with Gasteiger partial charge < -0.3 is 9.47 Å². The molecule has 2 aromatic rings. The van der Waals surface area contributed by atoms with Gasteiger partial charge in [0.25, 0.3) is 15.6 Å². The second kappa shape index (κ2) is 9.02. The minimum atomic E-state index is -3.89. The molecule has 0 spiro atoms. The van der Waals surface area contributed by atoms with Crippen molar-refractivity contribution in [3.63, 3.8) is 0 Å². The largest absolute Gasteiger partial charge is 0.343 e. The predicted octanol–water partition coefficient (Wildman–Crippen LogP) is 2.73. The Hall–Kier alpha value is -2.36. The number of fused-ring (bicyclic) bond motifs is 4. The molecule has 5 rings (SSSR count). The van der Waals surface area contributed by atoms with Crippen LogP contribution in [0, 0.1) is 5.92 Å². The van der Waals surface area contributed by atoms with Crippen molar-refractivity contribution in [1.29, 1.82) is 0 Å². The number of benzene rings is 1. The Kier molecular flexibility index (Phi) is 6.20. The van der Waals surface area contributed by atoms with Crippen molar-refractivity contribution in [2.24, 2.45) is 5.92 Å². The lowest BCUT2D eigenvalue weighted by Gasteiger charge is -2.47. The van der Waals surface area contributed by atoms with Gasteiger partial charge in [-0.3, -0.25) is 19.2 Å². The summed E-state index contributed by atoms with van der Waals surface area (Å²) in [5.74, 6) is 0.732. The van der Waals surface area contributed by atoms with E-state index in [2.05, 4.69) is 9.62 Å². The maximum Gasteiger partial charge on any atom is 0.275 e. The zero-order chi connectivity index (χ0) is 24.0. The van der Waals surface area contributed by atoms with E-state index < -0.39 is 10.0 Å². The minimum absolute atomic E-state index is 0.0577.